The van der Waals surface area contributed by atoms with Gasteiger partial charge in [0, 0.05) is 12.3 Å². The maximum Gasteiger partial charge on any atom is 0.303 e. The summed E-state index contributed by atoms with van der Waals surface area (Å²) in [6.07, 6.45) is 8.75. The van der Waals surface area contributed by atoms with Crippen LogP contribution in [0, 0.1) is 46.3 Å². The molecule has 4 N–H and O–H groups in total. The smallest absolute Gasteiger partial charge is 0.303 e. The van der Waals surface area contributed by atoms with Crippen molar-refractivity contribution in [2.24, 2.45) is 46.3 Å². The fraction of sp³-hybridized carbons (Fsp3) is 0.958. The second-order valence-corrected chi connectivity index (χ2v) is 11.5. The van der Waals surface area contributed by atoms with Gasteiger partial charge in [-0.3, -0.25) is 4.79 Å². The first kappa shape index (κ1) is 21.6. The van der Waals surface area contributed by atoms with Crippen LogP contribution in [0.5, 0.6) is 0 Å². The molecule has 2 unspecified atom stereocenters. The number of aliphatic carboxylic acids is 1. The third-order valence-electron chi connectivity index (χ3n) is 10.2. The highest BCUT2D eigenvalue weighted by atomic mass is 16.5. The predicted molar refractivity (Wildman–Crippen MR) is 110 cm³/mol. The van der Waals surface area contributed by atoms with Crippen LogP contribution in [0.1, 0.15) is 85.0 Å². The zero-order valence-corrected chi connectivity index (χ0v) is 18.3. The van der Waals surface area contributed by atoms with Crippen LogP contribution in [-0.2, 0) is 4.79 Å². The average molecular weight is 409 g/mol. The molecule has 4 rings (SSSR count). The summed E-state index contributed by atoms with van der Waals surface area (Å²) in [6.45, 7) is 6.54. The number of hydrogen-bond acceptors (Lipinski definition) is 4. The third-order valence-corrected chi connectivity index (χ3v) is 10.2. The summed E-state index contributed by atoms with van der Waals surface area (Å²) in [5, 5.41) is 42.5. The number of carbonyl (C=O) groups is 1. The fourth-order valence-corrected chi connectivity index (χ4v) is 9.05. The van der Waals surface area contributed by atoms with Crippen molar-refractivity contribution in [2.45, 2.75) is 96.9 Å². The van der Waals surface area contributed by atoms with E-state index in [1.54, 1.807) is 0 Å². The number of aliphatic hydroxyl groups is 3. The van der Waals surface area contributed by atoms with Crippen molar-refractivity contribution >= 4 is 5.97 Å². The largest absolute Gasteiger partial charge is 0.481 e. The lowest BCUT2D eigenvalue weighted by Crippen LogP contribution is -2.54. The van der Waals surface area contributed by atoms with Crippen molar-refractivity contribution in [3.8, 4) is 0 Å². The summed E-state index contributed by atoms with van der Waals surface area (Å²) < 4.78 is 0. The maximum atomic E-state index is 11.2. The van der Waals surface area contributed by atoms with Crippen LogP contribution < -0.4 is 0 Å². The van der Waals surface area contributed by atoms with Crippen LogP contribution >= 0.6 is 0 Å². The van der Waals surface area contributed by atoms with E-state index >= 15 is 0 Å². The second-order valence-electron chi connectivity index (χ2n) is 11.5. The van der Waals surface area contributed by atoms with E-state index in [9.17, 15) is 20.1 Å². The van der Waals surface area contributed by atoms with E-state index in [2.05, 4.69) is 13.8 Å². The molecule has 4 saturated carbocycles. The Bertz CT molecular complexity index is 647. The zero-order valence-electron chi connectivity index (χ0n) is 18.3. The first-order valence-electron chi connectivity index (χ1n) is 11.9. The Hall–Kier alpha value is -0.650. The summed E-state index contributed by atoms with van der Waals surface area (Å²) in [5.74, 6) is -2.11. The van der Waals surface area contributed by atoms with Crippen LogP contribution in [0.3, 0.4) is 0 Å². The molecule has 4 fully saturated rings. The highest BCUT2D eigenvalue weighted by Crippen LogP contribution is 2.69. The molecule has 0 saturated heterocycles. The summed E-state index contributed by atoms with van der Waals surface area (Å²) in [5.41, 5.74) is -0.0390. The van der Waals surface area contributed by atoms with Gasteiger partial charge >= 0.3 is 5.97 Å². The number of fused-ring (bicyclic) bond motifs is 5. The normalized spacial score (nSPS) is 49.6. The van der Waals surface area contributed by atoms with Gasteiger partial charge in [-0.2, -0.15) is 0 Å². The summed E-state index contributed by atoms with van der Waals surface area (Å²) in [6, 6.07) is 0. The fourth-order valence-electron chi connectivity index (χ4n) is 9.05. The summed E-state index contributed by atoms with van der Waals surface area (Å²) >= 11 is 0. The molecule has 0 aromatic carbocycles. The van der Waals surface area contributed by atoms with Crippen molar-refractivity contribution in [3.05, 3.63) is 0 Å². The number of hydrogen-bond donors (Lipinski definition) is 4. The van der Waals surface area contributed by atoms with E-state index in [1.165, 1.54) is 32.1 Å². The van der Waals surface area contributed by atoms with Gasteiger partial charge in [0.1, 0.15) is 6.10 Å². The molecule has 5 heteroatoms. The van der Waals surface area contributed by atoms with Crippen molar-refractivity contribution in [1.82, 2.24) is 0 Å². The van der Waals surface area contributed by atoms with Crippen molar-refractivity contribution < 1.29 is 25.2 Å². The average Bonchev–Trinajstić information content (AvgIpc) is 2.81. The van der Waals surface area contributed by atoms with Crippen LogP contribution in [-0.4, -0.2) is 38.3 Å². The third kappa shape index (κ3) is 3.10. The molecule has 4 aliphatic carbocycles. The van der Waals surface area contributed by atoms with Crippen molar-refractivity contribution in [2.75, 3.05) is 0 Å². The molecule has 0 aromatic heterocycles. The molecular weight excluding hydrogens is 368 g/mol. The molecule has 0 amide bonds. The minimum atomic E-state index is -2.14. The van der Waals surface area contributed by atoms with E-state index < -0.39 is 23.8 Å². The van der Waals surface area contributed by atoms with E-state index in [0.717, 1.165) is 25.2 Å². The van der Waals surface area contributed by atoms with Gasteiger partial charge in [0.15, 0.2) is 5.79 Å². The van der Waals surface area contributed by atoms with Gasteiger partial charge in [0.25, 0.3) is 0 Å². The minimum absolute atomic E-state index is 0.0242. The van der Waals surface area contributed by atoms with Crippen molar-refractivity contribution in [3.63, 3.8) is 0 Å². The SMILES string of the molecule is C[C@H](CCC(=O)O)[C@H]1C(O)(O)C(O)[C@H]2[C@@H]3CCC4CCCC[C@]4(C)[C@H]3CC[C@@]21C. The Morgan fingerprint density at radius 2 is 1.76 bits per heavy atom. The Morgan fingerprint density at radius 1 is 1.03 bits per heavy atom. The van der Waals surface area contributed by atoms with Gasteiger partial charge in [0.2, 0.25) is 0 Å². The number of carboxylic acids is 1. The van der Waals surface area contributed by atoms with Gasteiger partial charge in [-0.1, -0.05) is 33.6 Å². The Morgan fingerprint density at radius 3 is 2.45 bits per heavy atom. The number of rotatable bonds is 4. The predicted octanol–water partition coefficient (Wildman–Crippen LogP) is 3.80. The first-order valence-corrected chi connectivity index (χ1v) is 11.9. The van der Waals surface area contributed by atoms with Gasteiger partial charge in [-0.25, -0.2) is 0 Å². The lowest BCUT2D eigenvalue weighted by molar-refractivity contribution is -0.252. The quantitative estimate of drug-likeness (QED) is 0.531. The molecule has 166 valence electrons. The highest BCUT2D eigenvalue weighted by Gasteiger charge is 2.70. The first-order chi connectivity index (χ1) is 13.5. The standard InChI is InChI=1S/C24H40O5/c1-14(7-10-18(25)26)20-23(3)13-11-17-16(19(23)21(27)24(20,28)29)9-8-15-6-4-5-12-22(15,17)2/h14-17,19-21,27-29H,4-13H2,1-3H3,(H,25,26)/t14-,15?,16-,17+,19-,20-,21?,22+,23+/m1/s1. The molecule has 0 spiro atoms. The monoisotopic (exact) mass is 408 g/mol. The van der Waals surface area contributed by atoms with Gasteiger partial charge < -0.3 is 20.4 Å². The molecule has 0 bridgehead atoms. The molecule has 0 aromatic rings. The van der Waals surface area contributed by atoms with Gasteiger partial charge in [-0.05, 0) is 85.4 Å². The van der Waals surface area contributed by atoms with Crippen molar-refractivity contribution in [1.29, 1.82) is 0 Å². The molecular formula is C24H40O5. The van der Waals surface area contributed by atoms with E-state index in [0.29, 0.717) is 23.7 Å². The second kappa shape index (κ2) is 7.20. The zero-order chi connectivity index (χ0) is 21.2. The Kier molecular flexibility index (Phi) is 5.36. The maximum absolute atomic E-state index is 11.2. The number of aliphatic hydroxyl groups excluding tert-OH is 1. The van der Waals surface area contributed by atoms with Gasteiger partial charge in [-0.15, -0.1) is 0 Å². The minimum Gasteiger partial charge on any atom is -0.481 e. The van der Waals surface area contributed by atoms with E-state index in [1.807, 2.05) is 6.92 Å². The summed E-state index contributed by atoms with van der Waals surface area (Å²) in [4.78, 5) is 11.1. The number of carboxylic acid groups (broad SMARTS) is 1. The lowest BCUT2D eigenvalue weighted by Gasteiger charge is -2.60. The van der Waals surface area contributed by atoms with Crippen LogP contribution in [0.15, 0.2) is 0 Å². The molecule has 29 heavy (non-hydrogen) atoms. The lowest BCUT2D eigenvalue weighted by atomic mass is 9.44. The van der Waals surface area contributed by atoms with Crippen LogP contribution in [0.2, 0.25) is 0 Å². The topological polar surface area (TPSA) is 98.0 Å². The van der Waals surface area contributed by atoms with Gasteiger partial charge in [0.05, 0.1) is 0 Å². The van der Waals surface area contributed by atoms with Crippen LogP contribution in [0.25, 0.3) is 0 Å². The Labute approximate surface area is 174 Å². The molecule has 0 aliphatic heterocycles. The molecule has 5 nitrogen and oxygen atoms in total. The molecule has 0 radical (unpaired) electrons. The van der Waals surface area contributed by atoms with E-state index in [4.69, 9.17) is 5.11 Å². The van der Waals surface area contributed by atoms with Crippen LogP contribution in [0.4, 0.5) is 0 Å². The molecule has 4 aliphatic rings. The summed E-state index contributed by atoms with van der Waals surface area (Å²) in [7, 11) is 0. The van der Waals surface area contributed by atoms with E-state index in [-0.39, 0.29) is 23.7 Å². The molecule has 0 heterocycles. The highest BCUT2D eigenvalue weighted by molar-refractivity contribution is 5.66. The molecule has 9 atom stereocenters. The Balaban J connectivity index is 1.65.